The minimum atomic E-state index is 0.295. The normalized spacial score (nSPS) is 10.8. The van der Waals surface area contributed by atoms with Crippen molar-refractivity contribution in [3.8, 4) is 5.75 Å². The molecule has 0 aliphatic heterocycles. The summed E-state index contributed by atoms with van der Waals surface area (Å²) in [5, 5.41) is 15.9. The molecule has 0 unspecified atom stereocenters. The first-order valence-corrected chi connectivity index (χ1v) is 7.71. The van der Waals surface area contributed by atoms with Crippen LogP contribution >= 0.6 is 27.5 Å². The number of halogens is 2. The van der Waals surface area contributed by atoms with Gasteiger partial charge in [0.15, 0.2) is 0 Å². The Bertz CT molecular complexity index is 804. The molecule has 3 aromatic rings. The number of hydrogen-bond acceptors (Lipinski definition) is 2. The number of rotatable bonds is 3. The van der Waals surface area contributed by atoms with Gasteiger partial charge < -0.3 is 10.4 Å². The maximum atomic E-state index is 9.91. The molecule has 4 heteroatoms. The summed E-state index contributed by atoms with van der Waals surface area (Å²) in [6, 6.07) is 17.1. The molecule has 0 heterocycles. The molecule has 0 atom stereocenters. The van der Waals surface area contributed by atoms with Crippen molar-refractivity contribution in [1.82, 2.24) is 0 Å². The second-order valence-electron chi connectivity index (χ2n) is 4.77. The van der Waals surface area contributed by atoms with Crippen molar-refractivity contribution in [1.29, 1.82) is 0 Å². The average Bonchev–Trinajstić information content (AvgIpc) is 2.47. The van der Waals surface area contributed by atoms with Crippen LogP contribution in [-0.4, -0.2) is 5.11 Å². The van der Waals surface area contributed by atoms with Crippen molar-refractivity contribution in [2.24, 2.45) is 0 Å². The summed E-state index contributed by atoms with van der Waals surface area (Å²) in [4.78, 5) is 0. The highest BCUT2D eigenvalue weighted by atomic mass is 79.9. The molecular weight excluding hydrogens is 350 g/mol. The second-order valence-corrected chi connectivity index (χ2v) is 6.06. The van der Waals surface area contributed by atoms with Crippen LogP contribution in [-0.2, 0) is 6.54 Å². The Morgan fingerprint density at radius 3 is 2.57 bits per heavy atom. The fourth-order valence-corrected chi connectivity index (χ4v) is 3.13. The van der Waals surface area contributed by atoms with E-state index in [9.17, 15) is 5.11 Å². The van der Waals surface area contributed by atoms with Crippen LogP contribution < -0.4 is 5.32 Å². The van der Waals surface area contributed by atoms with Crippen molar-refractivity contribution in [3.05, 3.63) is 69.7 Å². The van der Waals surface area contributed by atoms with Crippen molar-refractivity contribution in [2.45, 2.75) is 6.54 Å². The molecular formula is C17H13BrClNO. The van der Waals surface area contributed by atoms with E-state index in [4.69, 9.17) is 11.6 Å². The van der Waals surface area contributed by atoms with Gasteiger partial charge in [0.25, 0.3) is 0 Å². The third-order valence-electron chi connectivity index (χ3n) is 3.38. The Kier molecular flexibility index (Phi) is 4.04. The van der Waals surface area contributed by atoms with Gasteiger partial charge in [-0.05, 0) is 29.8 Å². The lowest BCUT2D eigenvalue weighted by atomic mass is 10.1. The maximum absolute atomic E-state index is 9.91. The third-order valence-corrected chi connectivity index (χ3v) is 4.36. The number of phenolic OH excluding ortho intramolecular Hbond substituents is 1. The number of anilines is 1. The van der Waals surface area contributed by atoms with Gasteiger partial charge in [0, 0.05) is 32.5 Å². The van der Waals surface area contributed by atoms with Crippen LogP contribution in [0.2, 0.25) is 5.02 Å². The lowest BCUT2D eigenvalue weighted by Gasteiger charge is -2.12. The van der Waals surface area contributed by atoms with Crippen LogP contribution in [0.1, 0.15) is 5.56 Å². The Morgan fingerprint density at radius 1 is 1.00 bits per heavy atom. The molecule has 3 aromatic carbocycles. The predicted molar refractivity (Wildman–Crippen MR) is 92.1 cm³/mol. The van der Waals surface area contributed by atoms with Gasteiger partial charge in [0.1, 0.15) is 5.75 Å². The first-order chi connectivity index (χ1) is 10.1. The fraction of sp³-hybridized carbons (Fsp3) is 0.0588. The Hall–Kier alpha value is -1.71. The topological polar surface area (TPSA) is 32.3 Å². The molecule has 0 aliphatic rings. The van der Waals surface area contributed by atoms with Gasteiger partial charge in [-0.1, -0.05) is 57.9 Å². The number of phenols is 1. The van der Waals surface area contributed by atoms with Crippen LogP contribution in [0, 0.1) is 0 Å². The molecule has 3 rings (SSSR count). The van der Waals surface area contributed by atoms with E-state index in [0.717, 1.165) is 26.5 Å². The highest BCUT2D eigenvalue weighted by molar-refractivity contribution is 9.10. The Balaban J connectivity index is 1.90. The molecule has 0 bridgehead atoms. The smallest absolute Gasteiger partial charge is 0.123 e. The number of hydrogen-bond donors (Lipinski definition) is 2. The molecule has 21 heavy (non-hydrogen) atoms. The first-order valence-electron chi connectivity index (χ1n) is 6.53. The Labute approximate surface area is 136 Å². The number of aromatic hydroxyl groups is 1. The minimum absolute atomic E-state index is 0.295. The van der Waals surface area contributed by atoms with Gasteiger partial charge in [0.2, 0.25) is 0 Å². The van der Waals surface area contributed by atoms with Crippen LogP contribution in [0.25, 0.3) is 10.8 Å². The zero-order valence-corrected chi connectivity index (χ0v) is 13.4. The summed E-state index contributed by atoms with van der Waals surface area (Å²) in [5.41, 5.74) is 2.11. The van der Waals surface area contributed by atoms with Crippen LogP contribution in [0.3, 0.4) is 0 Å². The highest BCUT2D eigenvalue weighted by Gasteiger charge is 2.05. The molecule has 2 N–H and O–H groups in total. The van der Waals surface area contributed by atoms with E-state index < -0.39 is 0 Å². The minimum Gasteiger partial charge on any atom is -0.507 e. The first kappa shape index (κ1) is 14.2. The molecule has 0 amide bonds. The van der Waals surface area contributed by atoms with Gasteiger partial charge in [-0.3, -0.25) is 0 Å². The van der Waals surface area contributed by atoms with E-state index in [1.807, 2.05) is 48.5 Å². The lowest BCUT2D eigenvalue weighted by Crippen LogP contribution is -2.00. The van der Waals surface area contributed by atoms with E-state index in [1.165, 1.54) is 0 Å². The monoisotopic (exact) mass is 361 g/mol. The standard InChI is InChI=1S/C17H13BrClNO/c18-15-9-12(19)8-7-11(15)10-20-16-5-1-4-14-13(16)3-2-6-17(14)21/h1-9,20-21H,10H2. The molecule has 0 fully saturated rings. The van der Waals surface area contributed by atoms with Crippen molar-refractivity contribution in [3.63, 3.8) is 0 Å². The number of benzene rings is 3. The number of fused-ring (bicyclic) bond motifs is 1. The van der Waals surface area contributed by atoms with E-state index in [0.29, 0.717) is 17.3 Å². The molecule has 0 aliphatic carbocycles. The van der Waals surface area contributed by atoms with Crippen LogP contribution in [0.4, 0.5) is 5.69 Å². The van der Waals surface area contributed by atoms with Gasteiger partial charge in [-0.15, -0.1) is 0 Å². The molecule has 2 nitrogen and oxygen atoms in total. The zero-order chi connectivity index (χ0) is 14.8. The fourth-order valence-electron chi connectivity index (χ4n) is 2.30. The SMILES string of the molecule is Oc1cccc2c(NCc3ccc(Cl)cc3Br)cccc12. The average molecular weight is 363 g/mol. The third kappa shape index (κ3) is 2.99. The maximum Gasteiger partial charge on any atom is 0.123 e. The quantitative estimate of drug-likeness (QED) is 0.638. The zero-order valence-electron chi connectivity index (χ0n) is 11.1. The second kappa shape index (κ2) is 5.96. The summed E-state index contributed by atoms with van der Waals surface area (Å²) in [7, 11) is 0. The molecule has 0 spiro atoms. The summed E-state index contributed by atoms with van der Waals surface area (Å²) in [5.74, 6) is 0.295. The predicted octanol–water partition coefficient (Wildman–Crippen LogP) is 5.57. The molecule has 0 aromatic heterocycles. The van der Waals surface area contributed by atoms with Gasteiger partial charge in [0.05, 0.1) is 0 Å². The van der Waals surface area contributed by atoms with E-state index in [1.54, 1.807) is 6.07 Å². The molecule has 0 saturated carbocycles. The van der Waals surface area contributed by atoms with Crippen LogP contribution in [0.15, 0.2) is 59.1 Å². The Morgan fingerprint density at radius 2 is 1.76 bits per heavy atom. The summed E-state index contributed by atoms with van der Waals surface area (Å²) < 4.78 is 0.977. The van der Waals surface area contributed by atoms with E-state index in [-0.39, 0.29) is 0 Å². The van der Waals surface area contributed by atoms with Crippen molar-refractivity contribution in [2.75, 3.05) is 5.32 Å². The van der Waals surface area contributed by atoms with Crippen LogP contribution in [0.5, 0.6) is 5.75 Å². The largest absolute Gasteiger partial charge is 0.507 e. The molecule has 0 saturated heterocycles. The molecule has 106 valence electrons. The summed E-state index contributed by atoms with van der Waals surface area (Å²) in [6.45, 7) is 0.673. The van der Waals surface area contributed by atoms with Crippen molar-refractivity contribution >= 4 is 44.0 Å². The summed E-state index contributed by atoms with van der Waals surface area (Å²) in [6.07, 6.45) is 0. The van der Waals surface area contributed by atoms with Gasteiger partial charge in [-0.2, -0.15) is 0 Å². The lowest BCUT2D eigenvalue weighted by molar-refractivity contribution is 0.481. The number of nitrogens with one attached hydrogen (secondary N) is 1. The van der Waals surface area contributed by atoms with Gasteiger partial charge in [-0.25, -0.2) is 0 Å². The van der Waals surface area contributed by atoms with E-state index in [2.05, 4.69) is 21.2 Å². The molecule has 0 radical (unpaired) electrons. The van der Waals surface area contributed by atoms with E-state index >= 15 is 0 Å². The van der Waals surface area contributed by atoms with Gasteiger partial charge >= 0.3 is 0 Å². The van der Waals surface area contributed by atoms with Crippen molar-refractivity contribution < 1.29 is 5.11 Å². The summed E-state index contributed by atoms with van der Waals surface area (Å²) >= 11 is 9.47. The highest BCUT2D eigenvalue weighted by Crippen LogP contribution is 2.30.